The summed E-state index contributed by atoms with van der Waals surface area (Å²) in [6, 6.07) is 10.6. The molecule has 5 heteroatoms. The van der Waals surface area contributed by atoms with Gasteiger partial charge >= 0.3 is 0 Å². The number of nitrogens with zero attached hydrogens (tertiary/aromatic N) is 2. The van der Waals surface area contributed by atoms with Crippen molar-refractivity contribution >= 4 is 5.91 Å². The maximum atomic E-state index is 11.0. The van der Waals surface area contributed by atoms with Crippen LogP contribution in [-0.2, 0) is 11.3 Å². The first kappa shape index (κ1) is 15.9. The van der Waals surface area contributed by atoms with Crippen molar-refractivity contribution in [2.24, 2.45) is 5.73 Å². The van der Waals surface area contributed by atoms with Crippen molar-refractivity contribution in [3.05, 3.63) is 35.9 Å². The lowest BCUT2D eigenvalue weighted by Gasteiger charge is -2.34. The van der Waals surface area contributed by atoms with E-state index in [0.29, 0.717) is 0 Å². The molecule has 0 bridgehead atoms. The Morgan fingerprint density at radius 2 is 1.76 bits per heavy atom. The summed E-state index contributed by atoms with van der Waals surface area (Å²) >= 11 is 0. The van der Waals surface area contributed by atoms with E-state index in [1.807, 2.05) is 0 Å². The Labute approximate surface area is 127 Å². The number of nitrogens with one attached hydrogen (secondary N) is 1. The molecule has 0 aromatic heterocycles. The molecular formula is C16H26N4O. The van der Waals surface area contributed by atoms with E-state index in [2.05, 4.69) is 45.4 Å². The van der Waals surface area contributed by atoms with Crippen LogP contribution in [0.15, 0.2) is 30.3 Å². The van der Waals surface area contributed by atoms with Gasteiger partial charge in [-0.05, 0) is 18.5 Å². The van der Waals surface area contributed by atoms with E-state index in [4.69, 9.17) is 5.73 Å². The molecule has 0 radical (unpaired) electrons. The molecule has 1 aliphatic heterocycles. The van der Waals surface area contributed by atoms with Crippen molar-refractivity contribution in [2.45, 2.75) is 13.0 Å². The van der Waals surface area contributed by atoms with Crippen molar-refractivity contribution < 1.29 is 4.79 Å². The van der Waals surface area contributed by atoms with E-state index < -0.39 is 0 Å². The summed E-state index contributed by atoms with van der Waals surface area (Å²) in [6.45, 7) is 7.34. The van der Waals surface area contributed by atoms with E-state index in [1.54, 1.807) is 0 Å². The van der Waals surface area contributed by atoms with Gasteiger partial charge in [0.1, 0.15) is 0 Å². The summed E-state index contributed by atoms with van der Waals surface area (Å²) < 4.78 is 0. The highest BCUT2D eigenvalue weighted by atomic mass is 16.1. The molecule has 1 heterocycles. The van der Waals surface area contributed by atoms with Gasteiger partial charge in [0.25, 0.3) is 0 Å². The van der Waals surface area contributed by atoms with Gasteiger partial charge in [0, 0.05) is 39.3 Å². The monoisotopic (exact) mass is 290 g/mol. The number of hydrogen-bond acceptors (Lipinski definition) is 4. The van der Waals surface area contributed by atoms with Crippen LogP contribution in [0.25, 0.3) is 0 Å². The highest BCUT2D eigenvalue weighted by Crippen LogP contribution is 2.08. The quantitative estimate of drug-likeness (QED) is 0.708. The van der Waals surface area contributed by atoms with Crippen molar-refractivity contribution in [1.29, 1.82) is 0 Å². The Kier molecular flexibility index (Phi) is 6.66. The fourth-order valence-corrected chi connectivity index (χ4v) is 2.62. The van der Waals surface area contributed by atoms with Crippen LogP contribution in [-0.4, -0.2) is 61.5 Å². The van der Waals surface area contributed by atoms with E-state index in [0.717, 1.165) is 52.2 Å². The molecule has 0 aliphatic carbocycles. The molecular weight excluding hydrogens is 264 g/mol. The van der Waals surface area contributed by atoms with Crippen LogP contribution >= 0.6 is 0 Å². The lowest BCUT2D eigenvalue weighted by Crippen LogP contribution is -2.46. The molecule has 0 saturated carbocycles. The number of piperazine rings is 1. The van der Waals surface area contributed by atoms with Crippen LogP contribution in [0.5, 0.6) is 0 Å². The number of benzene rings is 1. The van der Waals surface area contributed by atoms with Crippen LogP contribution in [0, 0.1) is 0 Å². The van der Waals surface area contributed by atoms with E-state index in [1.165, 1.54) is 5.56 Å². The van der Waals surface area contributed by atoms with Crippen LogP contribution < -0.4 is 11.1 Å². The zero-order chi connectivity index (χ0) is 14.9. The number of carbonyl (C=O) groups is 1. The first-order valence-electron chi connectivity index (χ1n) is 7.73. The number of nitrogens with two attached hydrogens (primary N) is 1. The van der Waals surface area contributed by atoms with E-state index >= 15 is 0 Å². The molecule has 21 heavy (non-hydrogen) atoms. The highest BCUT2D eigenvalue weighted by molar-refractivity contribution is 5.77. The SMILES string of the molecule is NCC(=O)NCCCN1CCN(Cc2ccccc2)CC1. The van der Waals surface area contributed by atoms with Crippen molar-refractivity contribution in [3.8, 4) is 0 Å². The van der Waals surface area contributed by atoms with Gasteiger partial charge < -0.3 is 16.0 Å². The molecule has 0 unspecified atom stereocenters. The van der Waals surface area contributed by atoms with Crippen LogP contribution in [0.4, 0.5) is 0 Å². The Morgan fingerprint density at radius 1 is 1.10 bits per heavy atom. The number of carbonyl (C=O) groups excluding carboxylic acids is 1. The van der Waals surface area contributed by atoms with Gasteiger partial charge in [-0.1, -0.05) is 30.3 Å². The second-order valence-corrected chi connectivity index (χ2v) is 5.51. The van der Waals surface area contributed by atoms with Gasteiger partial charge in [0.2, 0.25) is 5.91 Å². The van der Waals surface area contributed by atoms with Gasteiger partial charge in [-0.3, -0.25) is 9.69 Å². The average Bonchev–Trinajstić information content (AvgIpc) is 2.54. The average molecular weight is 290 g/mol. The molecule has 1 fully saturated rings. The fourth-order valence-electron chi connectivity index (χ4n) is 2.62. The minimum absolute atomic E-state index is 0.0670. The normalized spacial score (nSPS) is 16.8. The van der Waals surface area contributed by atoms with Crippen molar-refractivity contribution in [3.63, 3.8) is 0 Å². The van der Waals surface area contributed by atoms with Crippen molar-refractivity contribution in [2.75, 3.05) is 45.8 Å². The third-order valence-electron chi connectivity index (χ3n) is 3.87. The van der Waals surface area contributed by atoms with Crippen LogP contribution in [0.3, 0.4) is 0 Å². The summed E-state index contributed by atoms with van der Waals surface area (Å²) in [4.78, 5) is 16.0. The third kappa shape index (κ3) is 5.83. The predicted molar refractivity (Wildman–Crippen MR) is 84.8 cm³/mol. The molecule has 1 aromatic carbocycles. The van der Waals surface area contributed by atoms with Gasteiger partial charge in [0.05, 0.1) is 6.54 Å². The van der Waals surface area contributed by atoms with Gasteiger partial charge in [-0.15, -0.1) is 0 Å². The number of amides is 1. The van der Waals surface area contributed by atoms with E-state index in [9.17, 15) is 4.79 Å². The summed E-state index contributed by atoms with van der Waals surface area (Å²) in [5, 5.41) is 2.81. The second-order valence-electron chi connectivity index (χ2n) is 5.51. The lowest BCUT2D eigenvalue weighted by molar-refractivity contribution is -0.119. The van der Waals surface area contributed by atoms with Crippen LogP contribution in [0.1, 0.15) is 12.0 Å². The molecule has 1 aliphatic rings. The van der Waals surface area contributed by atoms with Crippen molar-refractivity contribution in [1.82, 2.24) is 15.1 Å². The molecule has 0 atom stereocenters. The molecule has 1 saturated heterocycles. The zero-order valence-corrected chi connectivity index (χ0v) is 12.6. The maximum Gasteiger partial charge on any atom is 0.233 e. The number of rotatable bonds is 7. The summed E-state index contributed by atoms with van der Waals surface area (Å²) in [5.74, 6) is -0.0670. The Morgan fingerprint density at radius 3 is 2.43 bits per heavy atom. The molecule has 5 nitrogen and oxygen atoms in total. The third-order valence-corrected chi connectivity index (χ3v) is 3.87. The predicted octanol–water partition coefficient (Wildman–Crippen LogP) is 0.269. The standard InChI is InChI=1S/C16H26N4O/c17-13-16(21)18-7-4-8-19-9-11-20(12-10-19)14-15-5-2-1-3-6-15/h1-3,5-6H,4,7-14,17H2,(H,18,21). The molecule has 0 spiro atoms. The first-order chi connectivity index (χ1) is 10.3. The zero-order valence-electron chi connectivity index (χ0n) is 12.6. The Balaban J connectivity index is 1.59. The minimum atomic E-state index is -0.0670. The minimum Gasteiger partial charge on any atom is -0.355 e. The summed E-state index contributed by atoms with van der Waals surface area (Å²) in [7, 11) is 0. The molecule has 3 N–H and O–H groups in total. The Hall–Kier alpha value is -1.43. The Bertz CT molecular complexity index is 416. The topological polar surface area (TPSA) is 61.6 Å². The second kappa shape index (κ2) is 8.77. The fraction of sp³-hybridized carbons (Fsp3) is 0.562. The largest absolute Gasteiger partial charge is 0.355 e. The van der Waals surface area contributed by atoms with Crippen LogP contribution in [0.2, 0.25) is 0 Å². The molecule has 116 valence electrons. The van der Waals surface area contributed by atoms with Gasteiger partial charge in [-0.2, -0.15) is 0 Å². The van der Waals surface area contributed by atoms with Gasteiger partial charge in [0.15, 0.2) is 0 Å². The van der Waals surface area contributed by atoms with E-state index in [-0.39, 0.29) is 12.5 Å². The highest BCUT2D eigenvalue weighted by Gasteiger charge is 2.16. The lowest BCUT2D eigenvalue weighted by atomic mass is 10.2. The molecule has 2 rings (SSSR count). The first-order valence-corrected chi connectivity index (χ1v) is 7.73. The summed E-state index contributed by atoms with van der Waals surface area (Å²) in [5.41, 5.74) is 6.63. The maximum absolute atomic E-state index is 11.0. The smallest absolute Gasteiger partial charge is 0.233 e. The number of hydrogen-bond donors (Lipinski definition) is 2. The summed E-state index contributed by atoms with van der Waals surface area (Å²) in [6.07, 6.45) is 0.991. The molecule has 1 amide bonds. The molecule has 1 aromatic rings. The van der Waals surface area contributed by atoms with Gasteiger partial charge in [-0.25, -0.2) is 0 Å².